The van der Waals surface area contributed by atoms with Gasteiger partial charge in [0.2, 0.25) is 0 Å². The topological polar surface area (TPSA) is 12.0 Å². The van der Waals surface area contributed by atoms with Crippen LogP contribution in [0.5, 0.6) is 0 Å². The van der Waals surface area contributed by atoms with Crippen LogP contribution in [-0.2, 0) is 0 Å². The standard InChI is InChI=1S/C8H16BrN/c9-5-1-2-6-10-7-8-3-4-8/h8,10H,1-7H2. The molecular weight excluding hydrogens is 190 g/mol. The van der Waals surface area contributed by atoms with Crippen molar-refractivity contribution in [1.29, 1.82) is 0 Å². The van der Waals surface area contributed by atoms with E-state index >= 15 is 0 Å². The van der Waals surface area contributed by atoms with Gasteiger partial charge in [0, 0.05) is 5.33 Å². The Kier molecular flexibility index (Phi) is 4.39. The van der Waals surface area contributed by atoms with Crippen molar-refractivity contribution in [3.63, 3.8) is 0 Å². The van der Waals surface area contributed by atoms with Gasteiger partial charge in [0.05, 0.1) is 0 Å². The van der Waals surface area contributed by atoms with E-state index in [4.69, 9.17) is 0 Å². The summed E-state index contributed by atoms with van der Waals surface area (Å²) in [5, 5.41) is 4.61. The van der Waals surface area contributed by atoms with Gasteiger partial charge in [-0.3, -0.25) is 0 Å². The molecule has 0 aromatic rings. The number of rotatable bonds is 6. The average molecular weight is 206 g/mol. The van der Waals surface area contributed by atoms with Crippen molar-refractivity contribution in [2.24, 2.45) is 5.92 Å². The third kappa shape index (κ3) is 4.29. The third-order valence-electron chi connectivity index (χ3n) is 1.87. The molecule has 0 heterocycles. The highest BCUT2D eigenvalue weighted by molar-refractivity contribution is 9.09. The smallest absolute Gasteiger partial charge is 0.00317 e. The number of unbranched alkanes of at least 4 members (excludes halogenated alkanes) is 1. The Bertz CT molecular complexity index is 81.3. The largest absolute Gasteiger partial charge is 0.316 e. The zero-order valence-corrected chi connectivity index (χ0v) is 7.99. The van der Waals surface area contributed by atoms with Crippen molar-refractivity contribution in [3.8, 4) is 0 Å². The highest BCUT2D eigenvalue weighted by Gasteiger charge is 2.19. The fraction of sp³-hybridized carbons (Fsp3) is 1.00. The van der Waals surface area contributed by atoms with Gasteiger partial charge in [-0.2, -0.15) is 0 Å². The molecule has 0 aromatic heterocycles. The van der Waals surface area contributed by atoms with Gasteiger partial charge >= 0.3 is 0 Å². The molecule has 2 heteroatoms. The normalized spacial score (nSPS) is 17.7. The second-order valence-corrected chi connectivity index (χ2v) is 3.84. The van der Waals surface area contributed by atoms with Crippen molar-refractivity contribution in [1.82, 2.24) is 5.32 Å². The fourth-order valence-electron chi connectivity index (χ4n) is 0.973. The van der Waals surface area contributed by atoms with Crippen LogP contribution >= 0.6 is 15.9 Å². The minimum absolute atomic E-state index is 1.03. The summed E-state index contributed by atoms with van der Waals surface area (Å²) in [5.74, 6) is 1.03. The van der Waals surface area contributed by atoms with Crippen LogP contribution in [0.1, 0.15) is 25.7 Å². The summed E-state index contributed by atoms with van der Waals surface area (Å²) in [4.78, 5) is 0. The van der Waals surface area contributed by atoms with Crippen LogP contribution in [0.3, 0.4) is 0 Å². The number of halogens is 1. The minimum atomic E-state index is 1.03. The molecule has 0 amide bonds. The lowest BCUT2D eigenvalue weighted by Crippen LogP contribution is -2.17. The van der Waals surface area contributed by atoms with Gasteiger partial charge in [-0.05, 0) is 44.7 Å². The summed E-state index contributed by atoms with van der Waals surface area (Å²) < 4.78 is 0. The highest BCUT2D eigenvalue weighted by Crippen LogP contribution is 2.27. The van der Waals surface area contributed by atoms with Crippen LogP contribution in [0.4, 0.5) is 0 Å². The molecule has 1 N–H and O–H groups in total. The molecular formula is C8H16BrN. The van der Waals surface area contributed by atoms with Gasteiger partial charge in [-0.15, -0.1) is 0 Å². The molecule has 1 aliphatic rings. The van der Waals surface area contributed by atoms with Crippen molar-refractivity contribution in [2.45, 2.75) is 25.7 Å². The predicted octanol–water partition coefficient (Wildman–Crippen LogP) is 2.16. The molecule has 0 bridgehead atoms. The molecule has 1 saturated carbocycles. The third-order valence-corrected chi connectivity index (χ3v) is 2.43. The predicted molar refractivity (Wildman–Crippen MR) is 48.6 cm³/mol. The van der Waals surface area contributed by atoms with Gasteiger partial charge in [0.1, 0.15) is 0 Å². The Morgan fingerprint density at radius 2 is 2.10 bits per heavy atom. The van der Waals surface area contributed by atoms with Crippen LogP contribution in [0, 0.1) is 5.92 Å². The van der Waals surface area contributed by atoms with E-state index in [1.807, 2.05) is 0 Å². The summed E-state index contributed by atoms with van der Waals surface area (Å²) in [6.07, 6.45) is 5.55. The number of nitrogens with one attached hydrogen (secondary N) is 1. The molecule has 1 fully saturated rings. The lowest BCUT2D eigenvalue weighted by molar-refractivity contribution is 0.610. The van der Waals surface area contributed by atoms with Crippen molar-refractivity contribution in [3.05, 3.63) is 0 Å². The van der Waals surface area contributed by atoms with Gasteiger partial charge in [0.15, 0.2) is 0 Å². The summed E-state index contributed by atoms with van der Waals surface area (Å²) in [5.41, 5.74) is 0. The summed E-state index contributed by atoms with van der Waals surface area (Å²) in [6, 6.07) is 0. The molecule has 0 radical (unpaired) electrons. The molecule has 0 spiro atoms. The molecule has 1 rings (SSSR count). The van der Waals surface area contributed by atoms with Crippen LogP contribution in [-0.4, -0.2) is 18.4 Å². The van der Waals surface area contributed by atoms with E-state index in [2.05, 4.69) is 21.2 Å². The lowest BCUT2D eigenvalue weighted by Gasteiger charge is -2.00. The van der Waals surface area contributed by atoms with E-state index < -0.39 is 0 Å². The first-order chi connectivity index (χ1) is 4.93. The van der Waals surface area contributed by atoms with Gasteiger partial charge < -0.3 is 5.32 Å². The van der Waals surface area contributed by atoms with E-state index in [1.165, 1.54) is 38.8 Å². The lowest BCUT2D eigenvalue weighted by atomic mass is 10.3. The maximum Gasteiger partial charge on any atom is 0.00317 e. The Morgan fingerprint density at radius 1 is 1.30 bits per heavy atom. The van der Waals surface area contributed by atoms with Crippen LogP contribution < -0.4 is 5.32 Å². The maximum atomic E-state index is 3.46. The second kappa shape index (κ2) is 5.14. The molecule has 0 unspecified atom stereocenters. The SMILES string of the molecule is BrCCCCNCC1CC1. The second-order valence-electron chi connectivity index (χ2n) is 3.04. The number of hydrogen-bond donors (Lipinski definition) is 1. The van der Waals surface area contributed by atoms with E-state index in [0.717, 1.165) is 11.2 Å². The Morgan fingerprint density at radius 3 is 2.70 bits per heavy atom. The van der Waals surface area contributed by atoms with Crippen LogP contribution in [0.15, 0.2) is 0 Å². The Labute approximate surface area is 71.7 Å². The zero-order valence-electron chi connectivity index (χ0n) is 6.41. The van der Waals surface area contributed by atoms with Gasteiger partial charge in [-0.25, -0.2) is 0 Å². The highest BCUT2D eigenvalue weighted by atomic mass is 79.9. The minimum Gasteiger partial charge on any atom is -0.316 e. The Balaban J connectivity index is 1.68. The molecule has 0 aliphatic heterocycles. The van der Waals surface area contributed by atoms with Gasteiger partial charge in [0.25, 0.3) is 0 Å². The fourth-order valence-corrected chi connectivity index (χ4v) is 1.37. The summed E-state index contributed by atoms with van der Waals surface area (Å²) >= 11 is 3.41. The van der Waals surface area contributed by atoms with Crippen molar-refractivity contribution < 1.29 is 0 Å². The summed E-state index contributed by atoms with van der Waals surface area (Å²) in [7, 11) is 0. The number of alkyl halides is 1. The monoisotopic (exact) mass is 205 g/mol. The van der Waals surface area contributed by atoms with Crippen LogP contribution in [0.2, 0.25) is 0 Å². The first-order valence-electron chi connectivity index (χ1n) is 4.20. The van der Waals surface area contributed by atoms with Gasteiger partial charge in [-0.1, -0.05) is 15.9 Å². The average Bonchev–Trinajstić information content (AvgIpc) is 2.71. The molecule has 1 nitrogen and oxygen atoms in total. The molecule has 60 valence electrons. The quantitative estimate of drug-likeness (QED) is 0.518. The first kappa shape index (κ1) is 8.54. The molecule has 10 heavy (non-hydrogen) atoms. The van der Waals surface area contributed by atoms with E-state index in [-0.39, 0.29) is 0 Å². The summed E-state index contributed by atoms with van der Waals surface area (Å²) in [6.45, 7) is 2.48. The molecule has 0 aromatic carbocycles. The number of hydrogen-bond acceptors (Lipinski definition) is 1. The van der Waals surface area contributed by atoms with E-state index in [1.54, 1.807) is 0 Å². The van der Waals surface area contributed by atoms with E-state index in [9.17, 15) is 0 Å². The van der Waals surface area contributed by atoms with Crippen LogP contribution in [0.25, 0.3) is 0 Å². The molecule has 1 aliphatic carbocycles. The van der Waals surface area contributed by atoms with Crippen molar-refractivity contribution >= 4 is 15.9 Å². The maximum absolute atomic E-state index is 3.46. The van der Waals surface area contributed by atoms with Crippen molar-refractivity contribution in [2.75, 3.05) is 18.4 Å². The zero-order chi connectivity index (χ0) is 7.23. The Hall–Kier alpha value is 0.440. The molecule has 0 saturated heterocycles. The van der Waals surface area contributed by atoms with E-state index in [0.29, 0.717) is 0 Å². The molecule has 0 atom stereocenters. The first-order valence-corrected chi connectivity index (χ1v) is 5.32.